The lowest BCUT2D eigenvalue weighted by molar-refractivity contribution is 0.572. The molecule has 2 N–H and O–H groups in total. The van der Waals surface area contributed by atoms with E-state index >= 15 is 0 Å². The number of hydrogen-bond acceptors (Lipinski definition) is 2. The molecule has 2 rings (SSSR count). The molecule has 0 aliphatic heterocycles. The number of H-pyrrole nitrogens is 1. The molecule has 2 aromatic rings. The summed E-state index contributed by atoms with van der Waals surface area (Å²) in [7, 11) is 0. The van der Waals surface area contributed by atoms with Gasteiger partial charge in [-0.25, -0.2) is 0 Å². The molecular weight excluding hydrogens is 210 g/mol. The molecule has 3 heteroatoms. The molecule has 1 aromatic heterocycles. The predicted molar refractivity (Wildman–Crippen MR) is 69.8 cm³/mol. The van der Waals surface area contributed by atoms with Gasteiger partial charge in [-0.1, -0.05) is 23.8 Å². The Hall–Kier alpha value is -1.61. The van der Waals surface area contributed by atoms with Crippen LogP contribution in [0.4, 0.5) is 0 Å². The van der Waals surface area contributed by atoms with E-state index in [2.05, 4.69) is 54.5 Å². The van der Waals surface area contributed by atoms with Crippen LogP contribution < -0.4 is 5.32 Å². The molecule has 0 aliphatic carbocycles. The summed E-state index contributed by atoms with van der Waals surface area (Å²) in [6.45, 7) is 7.32. The van der Waals surface area contributed by atoms with Crippen LogP contribution in [-0.4, -0.2) is 10.2 Å². The molecule has 1 heterocycles. The van der Waals surface area contributed by atoms with E-state index in [0.717, 1.165) is 6.54 Å². The Kier molecular flexibility index (Phi) is 3.59. The van der Waals surface area contributed by atoms with E-state index in [9.17, 15) is 0 Å². The van der Waals surface area contributed by atoms with E-state index in [1.54, 1.807) is 0 Å². The highest BCUT2D eigenvalue weighted by molar-refractivity contribution is 5.32. The number of aromatic nitrogens is 2. The molecule has 0 fully saturated rings. The van der Waals surface area contributed by atoms with Gasteiger partial charge in [0.2, 0.25) is 0 Å². The van der Waals surface area contributed by atoms with Gasteiger partial charge in [-0.2, -0.15) is 5.10 Å². The van der Waals surface area contributed by atoms with Crippen molar-refractivity contribution in [2.45, 2.75) is 33.4 Å². The second-order valence-electron chi connectivity index (χ2n) is 4.57. The van der Waals surface area contributed by atoms with Crippen LogP contribution in [0.25, 0.3) is 0 Å². The summed E-state index contributed by atoms with van der Waals surface area (Å²) in [4.78, 5) is 0. The third kappa shape index (κ3) is 2.94. The number of nitrogens with zero attached hydrogens (tertiary/aromatic N) is 1. The first-order valence-corrected chi connectivity index (χ1v) is 5.95. The smallest absolute Gasteiger partial charge is 0.0532 e. The molecule has 1 atom stereocenters. The van der Waals surface area contributed by atoms with Crippen molar-refractivity contribution >= 4 is 0 Å². The molecule has 90 valence electrons. The van der Waals surface area contributed by atoms with Crippen molar-refractivity contribution in [1.29, 1.82) is 0 Å². The first-order chi connectivity index (χ1) is 8.16. The third-order valence-corrected chi connectivity index (χ3v) is 3.07. The second-order valence-corrected chi connectivity index (χ2v) is 4.57. The summed E-state index contributed by atoms with van der Waals surface area (Å²) in [5.41, 5.74) is 5.20. The second kappa shape index (κ2) is 5.15. The van der Waals surface area contributed by atoms with Crippen LogP contribution in [0.2, 0.25) is 0 Å². The van der Waals surface area contributed by atoms with Crippen molar-refractivity contribution in [2.75, 3.05) is 0 Å². The summed E-state index contributed by atoms with van der Waals surface area (Å²) in [6, 6.07) is 6.94. The maximum absolute atomic E-state index is 3.94. The molecule has 0 saturated heterocycles. The largest absolute Gasteiger partial charge is 0.306 e. The maximum atomic E-state index is 3.94. The van der Waals surface area contributed by atoms with Crippen molar-refractivity contribution < 1.29 is 0 Å². The number of aromatic amines is 1. The van der Waals surface area contributed by atoms with Crippen molar-refractivity contribution in [3.05, 3.63) is 52.8 Å². The molecule has 17 heavy (non-hydrogen) atoms. The van der Waals surface area contributed by atoms with Crippen LogP contribution in [0, 0.1) is 13.8 Å². The molecule has 0 aliphatic rings. The lowest BCUT2D eigenvalue weighted by atomic mass is 10.00. The Morgan fingerprint density at radius 2 is 2.18 bits per heavy atom. The highest BCUT2D eigenvalue weighted by Crippen LogP contribution is 2.19. The first-order valence-electron chi connectivity index (χ1n) is 5.95. The van der Waals surface area contributed by atoms with E-state index in [4.69, 9.17) is 0 Å². The van der Waals surface area contributed by atoms with Gasteiger partial charge in [0, 0.05) is 24.3 Å². The van der Waals surface area contributed by atoms with Crippen molar-refractivity contribution in [3.8, 4) is 0 Å². The quantitative estimate of drug-likeness (QED) is 0.846. The standard InChI is InChI=1S/C14H19N3/c1-10-4-5-11(2)14(6-10)12(3)15-7-13-8-16-17-9-13/h4-6,8-9,12,15H,7H2,1-3H3,(H,16,17). The number of nitrogens with one attached hydrogen (secondary N) is 2. The Morgan fingerprint density at radius 3 is 2.88 bits per heavy atom. The predicted octanol–water partition coefficient (Wildman–Crippen LogP) is 2.88. The van der Waals surface area contributed by atoms with Crippen molar-refractivity contribution in [3.63, 3.8) is 0 Å². The Morgan fingerprint density at radius 1 is 1.35 bits per heavy atom. The Balaban J connectivity index is 2.04. The first kappa shape index (κ1) is 11.9. The van der Waals surface area contributed by atoms with Crippen molar-refractivity contribution in [1.82, 2.24) is 15.5 Å². The van der Waals surface area contributed by atoms with E-state index < -0.39 is 0 Å². The minimum Gasteiger partial charge on any atom is -0.306 e. The van der Waals surface area contributed by atoms with Gasteiger partial charge in [0.15, 0.2) is 0 Å². The van der Waals surface area contributed by atoms with E-state index in [-0.39, 0.29) is 0 Å². The zero-order valence-electron chi connectivity index (χ0n) is 10.6. The Bertz CT molecular complexity index is 474. The highest BCUT2D eigenvalue weighted by atomic mass is 15.1. The van der Waals surface area contributed by atoms with Gasteiger partial charge < -0.3 is 5.32 Å². The minimum absolute atomic E-state index is 0.352. The van der Waals surface area contributed by atoms with Crippen LogP contribution in [0.3, 0.4) is 0 Å². The molecule has 0 saturated carbocycles. The van der Waals surface area contributed by atoms with Gasteiger partial charge in [-0.3, -0.25) is 5.10 Å². The van der Waals surface area contributed by atoms with Crippen LogP contribution in [0.5, 0.6) is 0 Å². The summed E-state index contributed by atoms with van der Waals surface area (Å²) >= 11 is 0. The monoisotopic (exact) mass is 229 g/mol. The SMILES string of the molecule is Cc1ccc(C)c(C(C)NCc2cn[nH]c2)c1. The topological polar surface area (TPSA) is 40.7 Å². The molecule has 0 bridgehead atoms. The number of rotatable bonds is 4. The van der Waals surface area contributed by atoms with E-state index in [1.807, 2.05) is 12.4 Å². The molecule has 0 radical (unpaired) electrons. The van der Waals surface area contributed by atoms with Gasteiger partial charge in [0.1, 0.15) is 0 Å². The fourth-order valence-corrected chi connectivity index (χ4v) is 1.98. The van der Waals surface area contributed by atoms with Crippen LogP contribution in [0.15, 0.2) is 30.6 Å². The van der Waals surface area contributed by atoms with Crippen molar-refractivity contribution in [2.24, 2.45) is 0 Å². The van der Waals surface area contributed by atoms with Gasteiger partial charge in [0.05, 0.1) is 6.20 Å². The van der Waals surface area contributed by atoms with E-state index in [1.165, 1.54) is 22.3 Å². The van der Waals surface area contributed by atoms with Gasteiger partial charge >= 0.3 is 0 Å². The summed E-state index contributed by atoms with van der Waals surface area (Å²) in [5.74, 6) is 0. The number of benzene rings is 1. The minimum atomic E-state index is 0.352. The zero-order valence-corrected chi connectivity index (χ0v) is 10.6. The lowest BCUT2D eigenvalue weighted by Gasteiger charge is -2.16. The molecule has 3 nitrogen and oxygen atoms in total. The van der Waals surface area contributed by atoms with Crippen LogP contribution in [0.1, 0.15) is 35.2 Å². The highest BCUT2D eigenvalue weighted by Gasteiger charge is 2.08. The fourth-order valence-electron chi connectivity index (χ4n) is 1.98. The molecule has 0 spiro atoms. The van der Waals surface area contributed by atoms with Gasteiger partial charge in [-0.05, 0) is 31.9 Å². The normalized spacial score (nSPS) is 12.6. The average molecular weight is 229 g/mol. The molecular formula is C14H19N3. The zero-order chi connectivity index (χ0) is 12.3. The number of aryl methyl sites for hydroxylation is 2. The maximum Gasteiger partial charge on any atom is 0.0532 e. The molecule has 0 amide bonds. The summed E-state index contributed by atoms with van der Waals surface area (Å²) in [5, 5.41) is 10.3. The van der Waals surface area contributed by atoms with E-state index in [0.29, 0.717) is 6.04 Å². The molecule has 1 unspecified atom stereocenters. The average Bonchev–Trinajstić information content (AvgIpc) is 2.82. The Labute approximate surface area is 102 Å². The number of hydrogen-bond donors (Lipinski definition) is 2. The van der Waals surface area contributed by atoms with Crippen LogP contribution in [-0.2, 0) is 6.54 Å². The van der Waals surface area contributed by atoms with Crippen LogP contribution >= 0.6 is 0 Å². The van der Waals surface area contributed by atoms with Gasteiger partial charge in [0.25, 0.3) is 0 Å². The summed E-state index contributed by atoms with van der Waals surface area (Å²) < 4.78 is 0. The molecule has 1 aromatic carbocycles. The van der Waals surface area contributed by atoms with Gasteiger partial charge in [-0.15, -0.1) is 0 Å². The lowest BCUT2D eigenvalue weighted by Crippen LogP contribution is -2.18. The summed E-state index contributed by atoms with van der Waals surface area (Å²) in [6.07, 6.45) is 3.77. The third-order valence-electron chi connectivity index (χ3n) is 3.07. The fraction of sp³-hybridized carbons (Fsp3) is 0.357.